The van der Waals surface area contributed by atoms with Gasteiger partial charge in [0.05, 0.1) is 12.6 Å². The van der Waals surface area contributed by atoms with Crippen molar-refractivity contribution in [2.45, 2.75) is 46.6 Å². The highest BCUT2D eigenvalue weighted by Crippen LogP contribution is 2.18. The van der Waals surface area contributed by atoms with Gasteiger partial charge in [0.1, 0.15) is 0 Å². The number of amides is 1. The molecule has 0 radical (unpaired) electrons. The predicted molar refractivity (Wildman–Crippen MR) is 77.9 cm³/mol. The summed E-state index contributed by atoms with van der Waals surface area (Å²) in [6.07, 6.45) is 1.88. The fourth-order valence-corrected chi connectivity index (χ4v) is 2.62. The van der Waals surface area contributed by atoms with E-state index in [1.54, 1.807) is 0 Å². The number of carbonyl (C=O) groups is 1. The second-order valence-corrected chi connectivity index (χ2v) is 6.51. The monoisotopic (exact) mass is 270 g/mol. The summed E-state index contributed by atoms with van der Waals surface area (Å²) in [5.41, 5.74) is 0. The zero-order valence-electron chi connectivity index (χ0n) is 12.9. The van der Waals surface area contributed by atoms with E-state index < -0.39 is 0 Å². The van der Waals surface area contributed by atoms with Crippen LogP contribution in [-0.4, -0.2) is 48.2 Å². The Morgan fingerprint density at radius 3 is 2.26 bits per heavy atom. The molecule has 112 valence electrons. The van der Waals surface area contributed by atoms with Gasteiger partial charge in [0, 0.05) is 12.5 Å². The molecule has 0 saturated carbocycles. The van der Waals surface area contributed by atoms with Gasteiger partial charge >= 0.3 is 0 Å². The number of likely N-dealkylation sites (tertiary alicyclic amines) is 1. The lowest BCUT2D eigenvalue weighted by Crippen LogP contribution is -2.47. The lowest BCUT2D eigenvalue weighted by atomic mass is 9.94. The highest BCUT2D eigenvalue weighted by Gasteiger charge is 2.27. The Morgan fingerprint density at radius 2 is 1.84 bits per heavy atom. The van der Waals surface area contributed by atoms with E-state index in [0.29, 0.717) is 5.92 Å². The number of aliphatic hydroxyl groups is 1. The van der Waals surface area contributed by atoms with Gasteiger partial charge in [-0.25, -0.2) is 0 Å². The number of hydrogen-bond donors (Lipinski definition) is 2. The number of rotatable bonds is 6. The first-order chi connectivity index (χ1) is 8.93. The smallest absolute Gasteiger partial charge is 0.223 e. The van der Waals surface area contributed by atoms with Crippen molar-refractivity contribution in [2.24, 2.45) is 17.8 Å². The van der Waals surface area contributed by atoms with Crippen molar-refractivity contribution < 1.29 is 9.90 Å². The Kier molecular flexibility index (Phi) is 6.80. The molecule has 19 heavy (non-hydrogen) atoms. The van der Waals surface area contributed by atoms with Gasteiger partial charge in [0.25, 0.3) is 0 Å². The van der Waals surface area contributed by atoms with E-state index >= 15 is 0 Å². The topological polar surface area (TPSA) is 52.6 Å². The van der Waals surface area contributed by atoms with Crippen LogP contribution in [0.3, 0.4) is 0 Å². The van der Waals surface area contributed by atoms with Gasteiger partial charge < -0.3 is 15.3 Å². The number of carbonyl (C=O) groups excluding carboxylic acids is 1. The summed E-state index contributed by atoms with van der Waals surface area (Å²) in [6, 6.07) is -0.110. The van der Waals surface area contributed by atoms with E-state index in [2.05, 4.69) is 24.1 Å². The normalized spacial score (nSPS) is 19.9. The average Bonchev–Trinajstić information content (AvgIpc) is 2.35. The van der Waals surface area contributed by atoms with Gasteiger partial charge in [0.2, 0.25) is 5.91 Å². The van der Waals surface area contributed by atoms with E-state index in [1.807, 2.05) is 13.8 Å². The Labute approximate surface area is 117 Å². The van der Waals surface area contributed by atoms with Crippen LogP contribution in [-0.2, 0) is 4.79 Å². The van der Waals surface area contributed by atoms with E-state index in [1.165, 1.54) is 0 Å². The zero-order chi connectivity index (χ0) is 14.4. The summed E-state index contributed by atoms with van der Waals surface area (Å²) >= 11 is 0. The summed E-state index contributed by atoms with van der Waals surface area (Å²) in [5, 5.41) is 12.2. The van der Waals surface area contributed by atoms with Crippen LogP contribution in [0.2, 0.25) is 0 Å². The van der Waals surface area contributed by atoms with Crippen LogP contribution in [0.1, 0.15) is 40.5 Å². The first-order valence-corrected chi connectivity index (χ1v) is 7.57. The van der Waals surface area contributed by atoms with Gasteiger partial charge in [-0.1, -0.05) is 27.7 Å². The second-order valence-electron chi connectivity index (χ2n) is 6.51. The van der Waals surface area contributed by atoms with Crippen LogP contribution in [0, 0.1) is 17.8 Å². The summed E-state index contributed by atoms with van der Waals surface area (Å²) < 4.78 is 0. The van der Waals surface area contributed by atoms with Crippen LogP contribution in [0.15, 0.2) is 0 Å². The van der Waals surface area contributed by atoms with Crippen LogP contribution in [0.4, 0.5) is 0 Å². The number of nitrogens with one attached hydrogen (secondary N) is 1. The third kappa shape index (κ3) is 5.49. The van der Waals surface area contributed by atoms with Crippen molar-refractivity contribution in [3.05, 3.63) is 0 Å². The molecule has 0 aromatic heterocycles. The minimum Gasteiger partial charge on any atom is -0.394 e. The molecular formula is C15H30N2O2. The molecule has 0 bridgehead atoms. The van der Waals surface area contributed by atoms with E-state index in [0.717, 1.165) is 32.5 Å². The van der Waals surface area contributed by atoms with E-state index in [4.69, 9.17) is 0 Å². The van der Waals surface area contributed by atoms with Gasteiger partial charge in [-0.15, -0.1) is 0 Å². The van der Waals surface area contributed by atoms with Crippen molar-refractivity contribution in [3.8, 4) is 0 Å². The molecular weight excluding hydrogens is 240 g/mol. The molecule has 1 rings (SSSR count). The Bertz CT molecular complexity index is 271. The SMILES string of the molecule is CC(C)CN1CCC(C(=O)N[C@H](CO)C(C)C)CC1. The first-order valence-electron chi connectivity index (χ1n) is 7.57. The first kappa shape index (κ1) is 16.4. The summed E-state index contributed by atoms with van der Waals surface area (Å²) in [6.45, 7) is 11.7. The lowest BCUT2D eigenvalue weighted by molar-refractivity contribution is -0.127. The molecule has 1 amide bonds. The highest BCUT2D eigenvalue weighted by molar-refractivity contribution is 5.79. The Balaban J connectivity index is 2.36. The lowest BCUT2D eigenvalue weighted by Gasteiger charge is -2.33. The fraction of sp³-hybridized carbons (Fsp3) is 0.933. The third-order valence-corrected chi connectivity index (χ3v) is 3.91. The van der Waals surface area contributed by atoms with Gasteiger partial charge in [-0.2, -0.15) is 0 Å². The Hall–Kier alpha value is -0.610. The van der Waals surface area contributed by atoms with Crippen LogP contribution in [0.5, 0.6) is 0 Å². The van der Waals surface area contributed by atoms with Gasteiger partial charge in [-0.3, -0.25) is 4.79 Å². The van der Waals surface area contributed by atoms with Crippen molar-refractivity contribution in [1.82, 2.24) is 10.2 Å². The van der Waals surface area contributed by atoms with Crippen molar-refractivity contribution in [2.75, 3.05) is 26.2 Å². The van der Waals surface area contributed by atoms with Gasteiger partial charge in [0.15, 0.2) is 0 Å². The molecule has 1 atom stereocenters. The van der Waals surface area contributed by atoms with Crippen molar-refractivity contribution in [3.63, 3.8) is 0 Å². The van der Waals surface area contributed by atoms with Crippen molar-refractivity contribution in [1.29, 1.82) is 0 Å². The van der Waals surface area contributed by atoms with Crippen LogP contribution in [0.25, 0.3) is 0 Å². The number of piperidine rings is 1. The molecule has 0 spiro atoms. The molecule has 2 N–H and O–H groups in total. The highest BCUT2D eigenvalue weighted by atomic mass is 16.3. The Morgan fingerprint density at radius 1 is 1.26 bits per heavy atom. The molecule has 1 aliphatic heterocycles. The molecule has 1 aliphatic rings. The molecule has 1 heterocycles. The van der Waals surface area contributed by atoms with Crippen molar-refractivity contribution >= 4 is 5.91 Å². The third-order valence-electron chi connectivity index (χ3n) is 3.91. The van der Waals surface area contributed by atoms with E-state index in [9.17, 15) is 9.90 Å². The number of hydrogen-bond acceptors (Lipinski definition) is 3. The minimum atomic E-state index is -0.110. The zero-order valence-corrected chi connectivity index (χ0v) is 12.9. The number of aliphatic hydroxyl groups excluding tert-OH is 1. The molecule has 4 heteroatoms. The molecule has 0 aromatic rings. The molecule has 1 saturated heterocycles. The molecule has 1 fully saturated rings. The maximum absolute atomic E-state index is 12.2. The fourth-order valence-electron chi connectivity index (χ4n) is 2.62. The van der Waals surface area contributed by atoms with Crippen LogP contribution >= 0.6 is 0 Å². The predicted octanol–water partition coefficient (Wildman–Crippen LogP) is 1.49. The van der Waals surface area contributed by atoms with Gasteiger partial charge in [-0.05, 0) is 37.8 Å². The summed E-state index contributed by atoms with van der Waals surface area (Å²) in [7, 11) is 0. The quantitative estimate of drug-likeness (QED) is 0.769. The molecule has 0 unspecified atom stereocenters. The molecule has 4 nitrogen and oxygen atoms in total. The largest absolute Gasteiger partial charge is 0.394 e. The second kappa shape index (κ2) is 7.85. The standard InChI is InChI=1S/C15H30N2O2/c1-11(2)9-17-7-5-13(6-8-17)15(19)16-14(10-18)12(3)4/h11-14,18H,5-10H2,1-4H3,(H,16,19)/t14-/m1/s1. The summed E-state index contributed by atoms with van der Waals surface area (Å²) in [4.78, 5) is 14.6. The maximum Gasteiger partial charge on any atom is 0.223 e. The average molecular weight is 270 g/mol. The summed E-state index contributed by atoms with van der Waals surface area (Å²) in [5.74, 6) is 1.20. The molecule has 0 aromatic carbocycles. The minimum absolute atomic E-state index is 0.0234. The van der Waals surface area contributed by atoms with E-state index in [-0.39, 0.29) is 30.4 Å². The van der Waals surface area contributed by atoms with Crippen LogP contribution < -0.4 is 5.32 Å². The maximum atomic E-state index is 12.2. The molecule has 0 aliphatic carbocycles. The number of nitrogens with zero attached hydrogens (tertiary/aromatic N) is 1.